The normalized spacial score (nSPS) is 14.2. The minimum Gasteiger partial charge on any atom is -0.431 e. The van der Waals surface area contributed by atoms with E-state index in [9.17, 15) is 9.18 Å². The van der Waals surface area contributed by atoms with Gasteiger partial charge in [-0.15, -0.1) is 0 Å². The van der Waals surface area contributed by atoms with Crippen molar-refractivity contribution in [1.29, 1.82) is 0 Å². The Morgan fingerprint density at radius 1 is 0.938 bits per heavy atom. The van der Waals surface area contributed by atoms with Crippen LogP contribution in [0.5, 0.6) is 0 Å². The van der Waals surface area contributed by atoms with E-state index in [-0.39, 0.29) is 11.7 Å². The van der Waals surface area contributed by atoms with Gasteiger partial charge >= 0.3 is 0 Å². The molecule has 0 atom stereocenters. The SMILES string of the molecule is O=C(c1ccccc1CSc1nc2ccccc2o1)N1CCN(c2ccccc2F)CC1. The van der Waals surface area contributed by atoms with Gasteiger partial charge in [-0.25, -0.2) is 9.37 Å². The first-order valence-corrected chi connectivity index (χ1v) is 11.5. The molecule has 0 unspecified atom stereocenters. The molecule has 32 heavy (non-hydrogen) atoms. The number of hydrogen-bond donors (Lipinski definition) is 0. The highest BCUT2D eigenvalue weighted by Crippen LogP contribution is 2.28. The monoisotopic (exact) mass is 447 g/mol. The number of piperazine rings is 1. The summed E-state index contributed by atoms with van der Waals surface area (Å²) in [6.45, 7) is 2.32. The number of benzene rings is 3. The van der Waals surface area contributed by atoms with Gasteiger partial charge in [0.2, 0.25) is 0 Å². The molecule has 162 valence electrons. The summed E-state index contributed by atoms with van der Waals surface area (Å²) in [5.74, 6) is 0.366. The third-order valence-corrected chi connectivity index (χ3v) is 6.51. The first-order valence-electron chi connectivity index (χ1n) is 10.5. The minimum atomic E-state index is -0.228. The molecule has 1 aromatic heterocycles. The van der Waals surface area contributed by atoms with Crippen LogP contribution in [0.15, 0.2) is 82.4 Å². The molecular formula is C25H22FN3O2S. The number of nitrogens with zero attached hydrogens (tertiary/aromatic N) is 3. The van der Waals surface area contributed by atoms with Crippen molar-refractivity contribution in [1.82, 2.24) is 9.88 Å². The Hall–Kier alpha value is -3.32. The summed E-state index contributed by atoms with van der Waals surface area (Å²) in [5.41, 5.74) is 3.81. The van der Waals surface area contributed by atoms with E-state index in [2.05, 4.69) is 4.98 Å². The topological polar surface area (TPSA) is 49.6 Å². The van der Waals surface area contributed by atoms with Gasteiger partial charge in [0.05, 0.1) is 5.69 Å². The van der Waals surface area contributed by atoms with Crippen molar-refractivity contribution in [2.75, 3.05) is 31.1 Å². The number of aromatic nitrogens is 1. The molecule has 0 N–H and O–H groups in total. The number of carbonyl (C=O) groups is 1. The van der Waals surface area contributed by atoms with Gasteiger partial charge in [0.25, 0.3) is 11.1 Å². The minimum absolute atomic E-state index is 0.00643. The molecular weight excluding hydrogens is 425 g/mol. The Kier molecular flexibility index (Phi) is 5.81. The van der Waals surface area contributed by atoms with Crippen molar-refractivity contribution in [3.63, 3.8) is 0 Å². The Bertz CT molecular complexity index is 1220. The van der Waals surface area contributed by atoms with Gasteiger partial charge < -0.3 is 14.2 Å². The number of rotatable bonds is 5. The number of amides is 1. The summed E-state index contributed by atoms with van der Waals surface area (Å²) >= 11 is 1.48. The maximum Gasteiger partial charge on any atom is 0.257 e. The maximum atomic E-state index is 14.1. The molecule has 5 nitrogen and oxygen atoms in total. The maximum absolute atomic E-state index is 14.1. The molecule has 7 heteroatoms. The molecule has 1 aliphatic heterocycles. The highest BCUT2D eigenvalue weighted by atomic mass is 32.2. The molecule has 0 saturated carbocycles. The highest BCUT2D eigenvalue weighted by Gasteiger charge is 2.25. The zero-order chi connectivity index (χ0) is 21.9. The zero-order valence-electron chi connectivity index (χ0n) is 17.4. The summed E-state index contributed by atoms with van der Waals surface area (Å²) in [6.07, 6.45) is 0. The first-order chi connectivity index (χ1) is 15.7. The number of fused-ring (bicyclic) bond motifs is 1. The lowest BCUT2D eigenvalue weighted by molar-refractivity contribution is 0.0746. The molecule has 0 radical (unpaired) electrons. The highest BCUT2D eigenvalue weighted by molar-refractivity contribution is 7.98. The van der Waals surface area contributed by atoms with Gasteiger partial charge in [0.1, 0.15) is 11.3 Å². The fraction of sp³-hybridized carbons (Fsp3) is 0.200. The predicted octanol–water partition coefficient (Wildman–Crippen LogP) is 5.22. The van der Waals surface area contributed by atoms with Gasteiger partial charge in [-0.1, -0.05) is 54.2 Å². The van der Waals surface area contributed by atoms with E-state index in [1.54, 1.807) is 12.1 Å². The number of para-hydroxylation sites is 3. The van der Waals surface area contributed by atoms with Gasteiger partial charge in [-0.3, -0.25) is 4.79 Å². The smallest absolute Gasteiger partial charge is 0.257 e. The first kappa shape index (κ1) is 20.6. The van der Waals surface area contributed by atoms with Gasteiger partial charge in [0.15, 0.2) is 5.58 Å². The lowest BCUT2D eigenvalue weighted by Gasteiger charge is -2.36. The second kappa shape index (κ2) is 9.04. The molecule has 1 amide bonds. The van der Waals surface area contributed by atoms with Crippen molar-refractivity contribution in [2.24, 2.45) is 0 Å². The summed E-state index contributed by atoms with van der Waals surface area (Å²) in [4.78, 5) is 21.6. The molecule has 1 fully saturated rings. The fourth-order valence-corrected chi connectivity index (χ4v) is 4.78. The van der Waals surface area contributed by atoms with Crippen LogP contribution in [-0.4, -0.2) is 42.0 Å². The van der Waals surface area contributed by atoms with Crippen LogP contribution < -0.4 is 4.90 Å². The number of anilines is 1. The molecule has 0 bridgehead atoms. The van der Waals surface area contributed by atoms with E-state index in [1.165, 1.54) is 17.8 Å². The number of oxazole rings is 1. The van der Waals surface area contributed by atoms with E-state index in [0.29, 0.717) is 48.4 Å². The van der Waals surface area contributed by atoms with Gasteiger partial charge in [-0.05, 0) is 35.9 Å². The van der Waals surface area contributed by atoms with E-state index < -0.39 is 0 Å². The second-order valence-electron chi connectivity index (χ2n) is 7.62. The van der Waals surface area contributed by atoms with Crippen LogP contribution in [0.4, 0.5) is 10.1 Å². The molecule has 1 saturated heterocycles. The number of hydrogen-bond acceptors (Lipinski definition) is 5. The van der Waals surface area contributed by atoms with E-state index in [4.69, 9.17) is 4.42 Å². The van der Waals surface area contributed by atoms with Crippen LogP contribution in [0, 0.1) is 5.82 Å². The third-order valence-electron chi connectivity index (χ3n) is 5.63. The number of thioether (sulfide) groups is 1. The van der Waals surface area contributed by atoms with Crippen LogP contribution in [0.2, 0.25) is 0 Å². The second-order valence-corrected chi connectivity index (χ2v) is 8.55. The lowest BCUT2D eigenvalue weighted by atomic mass is 10.1. The average molecular weight is 448 g/mol. The largest absolute Gasteiger partial charge is 0.431 e. The van der Waals surface area contributed by atoms with Crippen LogP contribution >= 0.6 is 11.8 Å². The Morgan fingerprint density at radius 3 is 2.47 bits per heavy atom. The van der Waals surface area contributed by atoms with Crippen molar-refractivity contribution in [2.45, 2.75) is 11.0 Å². The average Bonchev–Trinajstić information content (AvgIpc) is 3.26. The standard InChI is InChI=1S/C25H22FN3O2S/c26-20-9-3-5-11-22(20)28-13-15-29(16-14-28)24(30)19-8-2-1-7-18(19)17-32-25-27-21-10-4-6-12-23(21)31-25/h1-12H,13-17H2. The predicted molar refractivity (Wildman–Crippen MR) is 125 cm³/mol. The third kappa shape index (κ3) is 4.21. The van der Waals surface area contributed by atoms with E-state index >= 15 is 0 Å². The summed E-state index contributed by atoms with van der Waals surface area (Å²) in [5, 5.41) is 0.590. The van der Waals surface area contributed by atoms with Crippen molar-refractivity contribution < 1.29 is 13.6 Å². The molecule has 0 spiro atoms. The van der Waals surface area contributed by atoms with Gasteiger partial charge in [0, 0.05) is 37.5 Å². The lowest BCUT2D eigenvalue weighted by Crippen LogP contribution is -2.49. The van der Waals surface area contributed by atoms with Crippen molar-refractivity contribution >= 4 is 34.5 Å². The summed E-state index contributed by atoms with van der Waals surface area (Å²) in [6, 6.07) is 22.1. The number of carbonyl (C=O) groups excluding carboxylic acids is 1. The Labute approximate surface area is 189 Å². The molecule has 1 aliphatic rings. The number of halogens is 1. The van der Waals surface area contributed by atoms with Crippen LogP contribution in [0.1, 0.15) is 15.9 Å². The summed E-state index contributed by atoms with van der Waals surface area (Å²) < 4.78 is 19.9. The van der Waals surface area contributed by atoms with Crippen LogP contribution in [0.3, 0.4) is 0 Å². The Morgan fingerprint density at radius 2 is 1.66 bits per heavy atom. The van der Waals surface area contributed by atoms with Crippen molar-refractivity contribution in [3.8, 4) is 0 Å². The van der Waals surface area contributed by atoms with E-state index in [1.807, 2.05) is 64.4 Å². The zero-order valence-corrected chi connectivity index (χ0v) is 18.2. The molecule has 5 rings (SSSR count). The van der Waals surface area contributed by atoms with Gasteiger partial charge in [-0.2, -0.15) is 0 Å². The van der Waals surface area contributed by atoms with Crippen LogP contribution in [0.25, 0.3) is 11.1 Å². The molecule has 4 aromatic rings. The van der Waals surface area contributed by atoms with E-state index in [0.717, 1.165) is 16.7 Å². The fourth-order valence-electron chi connectivity index (χ4n) is 3.94. The molecule has 3 aromatic carbocycles. The van der Waals surface area contributed by atoms with Crippen molar-refractivity contribution in [3.05, 3.63) is 89.7 Å². The van der Waals surface area contributed by atoms with Crippen LogP contribution in [-0.2, 0) is 5.75 Å². The molecule has 0 aliphatic carbocycles. The molecule has 2 heterocycles. The Balaban J connectivity index is 1.26. The quantitative estimate of drug-likeness (QED) is 0.393. The summed E-state index contributed by atoms with van der Waals surface area (Å²) in [7, 11) is 0.